The third-order valence-electron chi connectivity index (χ3n) is 4.44. The van der Waals surface area contributed by atoms with E-state index in [2.05, 4.69) is 15.5 Å². The van der Waals surface area contributed by atoms with E-state index in [0.29, 0.717) is 26.8 Å². The smallest absolute Gasteiger partial charge is 0.230 e. The first kappa shape index (κ1) is 22.5. The molecule has 158 valence electrons. The van der Waals surface area contributed by atoms with Crippen LogP contribution in [-0.4, -0.2) is 26.4 Å². The fourth-order valence-corrected chi connectivity index (χ4v) is 4.04. The molecule has 0 bridgehead atoms. The maximum absolute atomic E-state index is 12.3. The fraction of sp³-hybridized carbons (Fsp3) is 0.286. The Hall–Kier alpha value is -2.22. The summed E-state index contributed by atoms with van der Waals surface area (Å²) in [6, 6.07) is 14.8. The zero-order valence-electron chi connectivity index (χ0n) is 16.8. The number of amides is 1. The first-order valence-electron chi connectivity index (χ1n) is 9.33. The number of ether oxygens (including phenoxy) is 1. The SMILES string of the molecule is CC(NC(=O)CSc1nnc(C(C)Oc2ccc(Cl)cc2Cl)n1C)c1ccccc1. The average Bonchev–Trinajstić information content (AvgIpc) is 3.09. The maximum Gasteiger partial charge on any atom is 0.230 e. The van der Waals surface area contributed by atoms with E-state index < -0.39 is 0 Å². The highest BCUT2D eigenvalue weighted by atomic mass is 35.5. The van der Waals surface area contributed by atoms with E-state index in [1.54, 1.807) is 18.2 Å². The molecule has 0 fully saturated rings. The van der Waals surface area contributed by atoms with Gasteiger partial charge in [-0.05, 0) is 37.6 Å². The number of halogens is 2. The van der Waals surface area contributed by atoms with E-state index in [1.165, 1.54) is 11.8 Å². The topological polar surface area (TPSA) is 69.0 Å². The lowest BCUT2D eigenvalue weighted by molar-refractivity contribution is -0.119. The Morgan fingerprint density at radius 3 is 2.60 bits per heavy atom. The summed E-state index contributed by atoms with van der Waals surface area (Å²) in [5.41, 5.74) is 1.06. The monoisotopic (exact) mass is 464 g/mol. The van der Waals surface area contributed by atoms with Crippen LogP contribution in [0.1, 0.15) is 37.4 Å². The van der Waals surface area contributed by atoms with Crippen LogP contribution in [-0.2, 0) is 11.8 Å². The van der Waals surface area contributed by atoms with Gasteiger partial charge in [0.05, 0.1) is 16.8 Å². The van der Waals surface area contributed by atoms with Gasteiger partial charge in [0, 0.05) is 12.1 Å². The highest BCUT2D eigenvalue weighted by Gasteiger charge is 2.19. The molecule has 1 heterocycles. The van der Waals surface area contributed by atoms with Crippen LogP contribution in [0.2, 0.25) is 10.0 Å². The molecule has 0 aliphatic rings. The van der Waals surface area contributed by atoms with Gasteiger partial charge < -0.3 is 14.6 Å². The van der Waals surface area contributed by atoms with Gasteiger partial charge in [-0.3, -0.25) is 4.79 Å². The average molecular weight is 465 g/mol. The number of carbonyl (C=O) groups excluding carboxylic acids is 1. The lowest BCUT2D eigenvalue weighted by atomic mass is 10.1. The minimum Gasteiger partial charge on any atom is -0.481 e. The molecule has 1 N–H and O–H groups in total. The first-order chi connectivity index (χ1) is 14.3. The molecule has 30 heavy (non-hydrogen) atoms. The Morgan fingerprint density at radius 2 is 1.90 bits per heavy atom. The lowest BCUT2D eigenvalue weighted by Crippen LogP contribution is -2.28. The second kappa shape index (κ2) is 10.2. The van der Waals surface area contributed by atoms with Crippen molar-refractivity contribution in [2.75, 3.05) is 5.75 Å². The van der Waals surface area contributed by atoms with Crippen LogP contribution in [0.4, 0.5) is 0 Å². The van der Waals surface area contributed by atoms with Gasteiger partial charge in [-0.2, -0.15) is 0 Å². The molecule has 3 rings (SSSR count). The molecule has 1 amide bonds. The van der Waals surface area contributed by atoms with Gasteiger partial charge in [0.15, 0.2) is 17.1 Å². The van der Waals surface area contributed by atoms with E-state index in [4.69, 9.17) is 27.9 Å². The van der Waals surface area contributed by atoms with Crippen LogP contribution in [0.25, 0.3) is 0 Å². The van der Waals surface area contributed by atoms with Gasteiger partial charge in [0.2, 0.25) is 5.91 Å². The minimum absolute atomic E-state index is 0.0631. The third kappa shape index (κ3) is 5.68. The molecule has 0 aliphatic heterocycles. The van der Waals surface area contributed by atoms with Crippen molar-refractivity contribution in [1.29, 1.82) is 0 Å². The van der Waals surface area contributed by atoms with Crippen molar-refractivity contribution in [3.63, 3.8) is 0 Å². The summed E-state index contributed by atoms with van der Waals surface area (Å²) in [6.07, 6.45) is -0.387. The van der Waals surface area contributed by atoms with Crippen molar-refractivity contribution in [3.8, 4) is 5.75 Å². The van der Waals surface area contributed by atoms with Crippen LogP contribution in [0, 0.1) is 0 Å². The predicted octanol–water partition coefficient (Wildman–Crippen LogP) is 5.23. The van der Waals surface area contributed by atoms with Crippen molar-refractivity contribution < 1.29 is 9.53 Å². The molecule has 0 spiro atoms. The summed E-state index contributed by atoms with van der Waals surface area (Å²) in [4.78, 5) is 12.3. The molecule has 6 nitrogen and oxygen atoms in total. The van der Waals surface area contributed by atoms with Crippen LogP contribution in [0.3, 0.4) is 0 Å². The minimum atomic E-state index is -0.387. The van der Waals surface area contributed by atoms with Gasteiger partial charge >= 0.3 is 0 Å². The van der Waals surface area contributed by atoms with Gasteiger partial charge in [0.25, 0.3) is 0 Å². The summed E-state index contributed by atoms with van der Waals surface area (Å²) < 4.78 is 7.72. The second-order valence-corrected chi connectivity index (χ2v) is 8.51. The third-order valence-corrected chi connectivity index (χ3v) is 5.99. The molecular formula is C21H22Cl2N4O2S. The Kier molecular flexibility index (Phi) is 7.64. The predicted molar refractivity (Wildman–Crippen MR) is 120 cm³/mol. The van der Waals surface area contributed by atoms with Crippen molar-refractivity contribution in [1.82, 2.24) is 20.1 Å². The van der Waals surface area contributed by atoms with E-state index in [-0.39, 0.29) is 23.8 Å². The molecular weight excluding hydrogens is 443 g/mol. The number of carbonyl (C=O) groups is 1. The van der Waals surface area contributed by atoms with Gasteiger partial charge in [-0.15, -0.1) is 10.2 Å². The normalized spacial score (nSPS) is 13.0. The van der Waals surface area contributed by atoms with E-state index in [1.807, 2.05) is 55.8 Å². The number of hydrogen-bond acceptors (Lipinski definition) is 5. The molecule has 1 aromatic heterocycles. The number of benzene rings is 2. The lowest BCUT2D eigenvalue weighted by Gasteiger charge is -2.15. The largest absolute Gasteiger partial charge is 0.481 e. The standard InChI is InChI=1S/C21H22Cl2N4O2S/c1-13(15-7-5-4-6-8-15)24-19(28)12-30-21-26-25-20(27(21)3)14(2)29-18-10-9-16(22)11-17(18)23/h4-11,13-14H,12H2,1-3H3,(H,24,28). The Balaban J connectivity index is 1.57. The molecule has 2 atom stereocenters. The van der Waals surface area contributed by atoms with Crippen LogP contribution in [0.5, 0.6) is 5.75 Å². The molecule has 2 aromatic carbocycles. The Bertz CT molecular complexity index is 1010. The summed E-state index contributed by atoms with van der Waals surface area (Å²) in [5, 5.41) is 13.0. The summed E-state index contributed by atoms with van der Waals surface area (Å²) in [5.74, 6) is 1.31. The molecule has 0 saturated carbocycles. The number of thioether (sulfide) groups is 1. The number of rotatable bonds is 8. The summed E-state index contributed by atoms with van der Waals surface area (Å²) in [6.45, 7) is 3.82. The quantitative estimate of drug-likeness (QED) is 0.462. The van der Waals surface area contributed by atoms with E-state index in [9.17, 15) is 4.79 Å². The van der Waals surface area contributed by atoms with Crippen LogP contribution >= 0.6 is 35.0 Å². The van der Waals surface area contributed by atoms with Gasteiger partial charge in [-0.25, -0.2) is 0 Å². The first-order valence-corrected chi connectivity index (χ1v) is 11.1. The van der Waals surface area contributed by atoms with E-state index >= 15 is 0 Å². The summed E-state index contributed by atoms with van der Waals surface area (Å²) >= 11 is 13.4. The Morgan fingerprint density at radius 1 is 1.17 bits per heavy atom. The highest BCUT2D eigenvalue weighted by Crippen LogP contribution is 2.31. The van der Waals surface area contributed by atoms with Crippen molar-refractivity contribution >= 4 is 40.9 Å². The number of aromatic nitrogens is 3. The zero-order valence-corrected chi connectivity index (χ0v) is 19.1. The van der Waals surface area contributed by atoms with Crippen molar-refractivity contribution in [2.45, 2.75) is 31.1 Å². The summed E-state index contributed by atoms with van der Waals surface area (Å²) in [7, 11) is 1.84. The molecule has 0 saturated heterocycles. The zero-order chi connectivity index (χ0) is 21.7. The highest BCUT2D eigenvalue weighted by molar-refractivity contribution is 7.99. The van der Waals surface area contributed by atoms with Crippen LogP contribution in [0.15, 0.2) is 53.7 Å². The molecule has 9 heteroatoms. The molecule has 0 radical (unpaired) electrons. The molecule has 3 aromatic rings. The number of nitrogens with zero attached hydrogens (tertiary/aromatic N) is 3. The second-order valence-electron chi connectivity index (χ2n) is 6.72. The van der Waals surface area contributed by atoms with Crippen molar-refractivity contribution in [3.05, 3.63) is 70.0 Å². The van der Waals surface area contributed by atoms with Gasteiger partial charge in [0.1, 0.15) is 5.75 Å². The maximum atomic E-state index is 12.3. The van der Waals surface area contributed by atoms with Gasteiger partial charge in [-0.1, -0.05) is 65.3 Å². The van der Waals surface area contributed by atoms with E-state index in [0.717, 1.165) is 5.56 Å². The Labute approximate surface area is 189 Å². The fourth-order valence-electron chi connectivity index (χ4n) is 2.86. The number of nitrogens with one attached hydrogen (secondary N) is 1. The molecule has 0 aliphatic carbocycles. The van der Waals surface area contributed by atoms with Crippen LogP contribution < -0.4 is 10.1 Å². The number of hydrogen-bond donors (Lipinski definition) is 1. The molecule has 2 unspecified atom stereocenters. The van der Waals surface area contributed by atoms with Crippen molar-refractivity contribution in [2.24, 2.45) is 7.05 Å².